The lowest BCUT2D eigenvalue weighted by Crippen LogP contribution is -2.02. The molecule has 5 nitrogen and oxygen atoms in total. The van der Waals surface area contributed by atoms with Crippen LogP contribution in [0.25, 0.3) is 0 Å². The van der Waals surface area contributed by atoms with E-state index in [0.29, 0.717) is 29.2 Å². The van der Waals surface area contributed by atoms with Crippen molar-refractivity contribution in [1.82, 2.24) is 4.98 Å². The van der Waals surface area contributed by atoms with Gasteiger partial charge in [0.05, 0.1) is 14.7 Å². The first-order chi connectivity index (χ1) is 11.2. The molecule has 23 heavy (non-hydrogen) atoms. The SMILES string of the molecule is C=CCOc1cc(OCc2cncc(C#N)c2)c(C=O)cc1I. The highest BCUT2D eigenvalue weighted by Gasteiger charge is 2.11. The molecule has 0 N–H and O–H groups in total. The minimum absolute atomic E-state index is 0.199. The quantitative estimate of drug-likeness (QED) is 0.390. The number of hydrogen-bond acceptors (Lipinski definition) is 5. The van der Waals surface area contributed by atoms with Crippen molar-refractivity contribution in [3.05, 3.63) is 63.5 Å². The van der Waals surface area contributed by atoms with Crippen LogP contribution >= 0.6 is 22.6 Å². The maximum atomic E-state index is 11.2. The number of carbonyl (C=O) groups is 1. The Hall–Kier alpha value is -2.40. The van der Waals surface area contributed by atoms with Crippen molar-refractivity contribution in [2.75, 3.05) is 6.61 Å². The minimum atomic E-state index is 0.199. The summed E-state index contributed by atoms with van der Waals surface area (Å²) in [6.45, 7) is 4.17. The Morgan fingerprint density at radius 3 is 2.78 bits per heavy atom. The topological polar surface area (TPSA) is 72.2 Å². The number of nitriles is 1. The average Bonchev–Trinajstić information content (AvgIpc) is 2.59. The van der Waals surface area contributed by atoms with Crippen LogP contribution in [0.2, 0.25) is 0 Å². The summed E-state index contributed by atoms with van der Waals surface area (Å²) in [5, 5.41) is 8.88. The van der Waals surface area contributed by atoms with Crippen LogP contribution in [-0.4, -0.2) is 17.9 Å². The van der Waals surface area contributed by atoms with Gasteiger partial charge >= 0.3 is 0 Å². The summed E-state index contributed by atoms with van der Waals surface area (Å²) in [6.07, 6.45) is 5.47. The van der Waals surface area contributed by atoms with Crippen molar-refractivity contribution >= 4 is 28.9 Å². The van der Waals surface area contributed by atoms with Crippen molar-refractivity contribution in [2.45, 2.75) is 6.61 Å². The molecule has 1 aromatic carbocycles. The van der Waals surface area contributed by atoms with E-state index >= 15 is 0 Å². The Labute approximate surface area is 147 Å². The summed E-state index contributed by atoms with van der Waals surface area (Å²) < 4.78 is 12.0. The Morgan fingerprint density at radius 2 is 2.09 bits per heavy atom. The summed E-state index contributed by atoms with van der Waals surface area (Å²) >= 11 is 2.10. The third-order valence-corrected chi connectivity index (χ3v) is 3.71. The summed E-state index contributed by atoms with van der Waals surface area (Å²) in [4.78, 5) is 15.2. The number of pyridine rings is 1. The number of halogens is 1. The number of aromatic nitrogens is 1. The van der Waals surface area contributed by atoms with Crippen LogP contribution in [0.1, 0.15) is 21.5 Å². The van der Waals surface area contributed by atoms with Gasteiger partial charge in [-0.15, -0.1) is 0 Å². The molecule has 0 unspecified atom stereocenters. The molecule has 2 aromatic rings. The molecule has 0 fully saturated rings. The third-order valence-electron chi connectivity index (χ3n) is 2.87. The number of aldehydes is 1. The Kier molecular flexibility index (Phi) is 6.11. The molecule has 0 amide bonds. The standard InChI is InChI=1S/C17H13IN2O3/c1-2-3-22-17-6-16(14(10-21)5-15(17)18)23-11-13-4-12(7-19)8-20-9-13/h2,4-6,8-10H,1,3,11H2. The second kappa shape index (κ2) is 8.29. The monoisotopic (exact) mass is 420 g/mol. The lowest BCUT2D eigenvalue weighted by molar-refractivity contribution is 0.111. The zero-order valence-corrected chi connectivity index (χ0v) is 14.3. The third kappa shape index (κ3) is 4.53. The van der Waals surface area contributed by atoms with Gasteiger partial charge in [0, 0.05) is 24.0 Å². The van der Waals surface area contributed by atoms with Crippen LogP contribution in [0.15, 0.2) is 43.2 Å². The van der Waals surface area contributed by atoms with Crippen LogP contribution < -0.4 is 9.47 Å². The second-order valence-electron chi connectivity index (χ2n) is 4.52. The largest absolute Gasteiger partial charge is 0.488 e. The number of hydrogen-bond donors (Lipinski definition) is 0. The minimum Gasteiger partial charge on any atom is -0.488 e. The summed E-state index contributed by atoms with van der Waals surface area (Å²) in [7, 11) is 0. The van der Waals surface area contributed by atoms with Crippen molar-refractivity contribution in [2.24, 2.45) is 0 Å². The lowest BCUT2D eigenvalue weighted by Gasteiger charge is -2.12. The number of benzene rings is 1. The first-order valence-electron chi connectivity index (χ1n) is 6.67. The van der Waals surface area contributed by atoms with Crippen molar-refractivity contribution in [3.8, 4) is 17.6 Å². The highest BCUT2D eigenvalue weighted by Crippen LogP contribution is 2.30. The molecule has 0 atom stereocenters. The molecule has 0 aliphatic heterocycles. The molecule has 1 heterocycles. The van der Waals surface area contributed by atoms with Crippen LogP contribution in [-0.2, 0) is 6.61 Å². The van der Waals surface area contributed by atoms with E-state index < -0.39 is 0 Å². The Morgan fingerprint density at radius 1 is 1.26 bits per heavy atom. The number of rotatable bonds is 7. The molecule has 0 aliphatic carbocycles. The summed E-state index contributed by atoms with van der Waals surface area (Å²) in [6, 6.07) is 7.09. The van der Waals surface area contributed by atoms with Gasteiger partial charge in [0.15, 0.2) is 6.29 Å². The van der Waals surface area contributed by atoms with Gasteiger partial charge in [0.25, 0.3) is 0 Å². The van der Waals surface area contributed by atoms with Gasteiger partial charge in [-0.1, -0.05) is 12.7 Å². The molecule has 0 aliphatic rings. The van der Waals surface area contributed by atoms with Gasteiger partial charge < -0.3 is 9.47 Å². The van der Waals surface area contributed by atoms with Crippen molar-refractivity contribution in [1.29, 1.82) is 5.26 Å². The van der Waals surface area contributed by atoms with Crippen LogP contribution in [0.4, 0.5) is 0 Å². The second-order valence-corrected chi connectivity index (χ2v) is 5.68. The fraction of sp³-hybridized carbons (Fsp3) is 0.118. The van der Waals surface area contributed by atoms with E-state index in [1.807, 2.05) is 6.07 Å². The molecule has 0 radical (unpaired) electrons. The molecule has 116 valence electrons. The normalized spacial score (nSPS) is 9.74. The predicted octanol–water partition coefficient (Wildman–Crippen LogP) is 3.51. The molecule has 0 saturated heterocycles. The highest BCUT2D eigenvalue weighted by atomic mass is 127. The van der Waals surface area contributed by atoms with Crippen LogP contribution in [0, 0.1) is 14.9 Å². The fourth-order valence-electron chi connectivity index (χ4n) is 1.82. The first kappa shape index (κ1) is 17.0. The molecule has 0 bridgehead atoms. The van der Waals surface area contributed by atoms with Gasteiger partial charge in [0.2, 0.25) is 0 Å². The maximum absolute atomic E-state index is 11.2. The van der Waals surface area contributed by atoms with E-state index in [2.05, 4.69) is 34.2 Å². The van der Waals surface area contributed by atoms with Crippen molar-refractivity contribution in [3.63, 3.8) is 0 Å². The zero-order chi connectivity index (χ0) is 16.7. The first-order valence-corrected chi connectivity index (χ1v) is 7.75. The Bertz CT molecular complexity index is 769. The number of nitrogens with zero attached hydrogens (tertiary/aromatic N) is 2. The van der Waals surface area contributed by atoms with Crippen molar-refractivity contribution < 1.29 is 14.3 Å². The molecule has 0 saturated carbocycles. The van der Waals surface area contributed by atoms with Crippen LogP contribution in [0.3, 0.4) is 0 Å². The predicted molar refractivity (Wildman–Crippen MR) is 93.5 cm³/mol. The van der Waals surface area contributed by atoms with Crippen LogP contribution in [0.5, 0.6) is 11.5 Å². The van der Waals surface area contributed by atoms with E-state index in [0.717, 1.165) is 15.4 Å². The van der Waals surface area contributed by atoms with E-state index in [1.54, 1.807) is 30.5 Å². The van der Waals surface area contributed by atoms with E-state index in [1.165, 1.54) is 6.20 Å². The average molecular weight is 420 g/mol. The van der Waals surface area contributed by atoms with Gasteiger partial charge in [0.1, 0.15) is 30.8 Å². The molecule has 2 rings (SSSR count). The van der Waals surface area contributed by atoms with Gasteiger partial charge in [-0.25, -0.2) is 0 Å². The fourth-order valence-corrected chi connectivity index (χ4v) is 2.46. The van der Waals surface area contributed by atoms with E-state index in [9.17, 15) is 4.79 Å². The van der Waals surface area contributed by atoms with Gasteiger partial charge in [-0.05, 0) is 34.7 Å². The number of ether oxygens (including phenoxy) is 2. The molecule has 0 spiro atoms. The van der Waals surface area contributed by atoms with Gasteiger partial charge in [-0.2, -0.15) is 5.26 Å². The maximum Gasteiger partial charge on any atom is 0.153 e. The highest BCUT2D eigenvalue weighted by molar-refractivity contribution is 14.1. The lowest BCUT2D eigenvalue weighted by atomic mass is 10.2. The van der Waals surface area contributed by atoms with E-state index in [4.69, 9.17) is 14.7 Å². The molecule has 1 aromatic heterocycles. The molecule has 6 heteroatoms. The molecular formula is C17H13IN2O3. The zero-order valence-electron chi connectivity index (χ0n) is 12.2. The summed E-state index contributed by atoms with van der Waals surface area (Å²) in [5.41, 5.74) is 1.64. The summed E-state index contributed by atoms with van der Waals surface area (Å²) in [5.74, 6) is 1.04. The van der Waals surface area contributed by atoms with E-state index in [-0.39, 0.29) is 6.61 Å². The molecular weight excluding hydrogens is 407 g/mol. The number of carbonyl (C=O) groups excluding carboxylic acids is 1. The Balaban J connectivity index is 2.21. The van der Waals surface area contributed by atoms with Gasteiger partial charge in [-0.3, -0.25) is 9.78 Å². The smallest absolute Gasteiger partial charge is 0.153 e.